The fraction of sp³-hybridized carbons (Fsp3) is 0.353. The molecule has 114 valence electrons. The van der Waals surface area contributed by atoms with E-state index in [1.165, 1.54) is 17.3 Å². The normalized spacial score (nSPS) is 14.9. The van der Waals surface area contributed by atoms with E-state index in [2.05, 4.69) is 10.00 Å². The van der Waals surface area contributed by atoms with Crippen molar-refractivity contribution >= 4 is 11.9 Å². The second-order valence-electron chi connectivity index (χ2n) is 5.61. The molecule has 0 spiro atoms. The van der Waals surface area contributed by atoms with Gasteiger partial charge in [0, 0.05) is 31.9 Å². The van der Waals surface area contributed by atoms with Crippen LogP contribution in [0.15, 0.2) is 35.3 Å². The van der Waals surface area contributed by atoms with E-state index >= 15 is 0 Å². The molecule has 5 heteroatoms. The molecule has 5 nitrogen and oxygen atoms in total. The minimum atomic E-state index is -0.114. The lowest BCUT2D eigenvalue weighted by molar-refractivity contribution is 0.575. The number of aryl methyl sites for hydroxylation is 1. The van der Waals surface area contributed by atoms with Gasteiger partial charge in [-0.1, -0.05) is 24.3 Å². The zero-order chi connectivity index (χ0) is 15.5. The molecular formula is C17H20N4O. The van der Waals surface area contributed by atoms with Crippen LogP contribution < -0.4 is 10.5 Å². The second kappa shape index (κ2) is 6.13. The van der Waals surface area contributed by atoms with Crippen LogP contribution in [0.4, 0.5) is 5.69 Å². The van der Waals surface area contributed by atoms with Crippen molar-refractivity contribution in [2.24, 2.45) is 7.05 Å². The number of hydrogen-bond donors (Lipinski definition) is 1. The Morgan fingerprint density at radius 2 is 1.91 bits per heavy atom. The first-order chi connectivity index (χ1) is 10.7. The van der Waals surface area contributed by atoms with Crippen LogP contribution in [0.2, 0.25) is 0 Å². The molecule has 0 atom stereocenters. The van der Waals surface area contributed by atoms with Crippen molar-refractivity contribution in [3.05, 3.63) is 46.4 Å². The van der Waals surface area contributed by atoms with Crippen molar-refractivity contribution in [1.29, 1.82) is 5.41 Å². The van der Waals surface area contributed by atoms with Crippen molar-refractivity contribution in [3.8, 4) is 11.1 Å². The number of hydrogen-bond acceptors (Lipinski definition) is 4. The highest BCUT2D eigenvalue weighted by molar-refractivity contribution is 5.92. The number of piperidine rings is 1. The topological polar surface area (TPSA) is 62.0 Å². The highest BCUT2D eigenvalue weighted by Gasteiger charge is 2.20. The molecule has 2 heterocycles. The number of nitrogens with one attached hydrogen (secondary N) is 1. The van der Waals surface area contributed by atoms with Gasteiger partial charge in [-0.3, -0.25) is 4.79 Å². The maximum Gasteiger partial charge on any atom is 0.276 e. The van der Waals surface area contributed by atoms with Crippen molar-refractivity contribution in [2.45, 2.75) is 19.3 Å². The summed E-state index contributed by atoms with van der Waals surface area (Å²) < 4.78 is 1.36. The van der Waals surface area contributed by atoms with E-state index in [1.807, 2.05) is 24.3 Å². The molecule has 1 aliphatic heterocycles. The van der Waals surface area contributed by atoms with Gasteiger partial charge in [0.15, 0.2) is 0 Å². The van der Waals surface area contributed by atoms with Crippen LogP contribution in [-0.4, -0.2) is 29.1 Å². The quantitative estimate of drug-likeness (QED) is 0.885. The lowest BCUT2D eigenvalue weighted by Crippen LogP contribution is -2.33. The maximum atomic E-state index is 12.7. The Bertz CT molecular complexity index is 745. The Kier molecular flexibility index (Phi) is 4.04. The Balaban J connectivity index is 2.22. The van der Waals surface area contributed by atoms with E-state index in [1.54, 1.807) is 13.2 Å². The number of benzene rings is 1. The lowest BCUT2D eigenvalue weighted by atomic mass is 9.99. The summed E-state index contributed by atoms with van der Waals surface area (Å²) in [5, 5.41) is 11.8. The summed E-state index contributed by atoms with van der Waals surface area (Å²) in [7, 11) is 1.67. The fourth-order valence-corrected chi connectivity index (χ4v) is 3.01. The SMILES string of the molecule is Cn1ncc(N2CCCCC2)c(-c2ccccc2C=N)c1=O. The highest BCUT2D eigenvalue weighted by Crippen LogP contribution is 2.30. The van der Waals surface area contributed by atoms with Gasteiger partial charge in [-0.05, 0) is 24.8 Å². The van der Waals surface area contributed by atoms with E-state index in [9.17, 15) is 4.79 Å². The Hall–Kier alpha value is -2.43. The van der Waals surface area contributed by atoms with Crippen LogP contribution in [0.3, 0.4) is 0 Å². The van der Waals surface area contributed by atoms with E-state index in [0.717, 1.165) is 42.7 Å². The van der Waals surface area contributed by atoms with Crippen molar-refractivity contribution in [1.82, 2.24) is 9.78 Å². The molecule has 22 heavy (non-hydrogen) atoms. The summed E-state index contributed by atoms with van der Waals surface area (Å²) in [6, 6.07) is 7.56. The number of rotatable bonds is 3. The highest BCUT2D eigenvalue weighted by atomic mass is 16.1. The van der Waals surface area contributed by atoms with Gasteiger partial charge in [0.1, 0.15) is 0 Å². The Morgan fingerprint density at radius 3 is 2.64 bits per heavy atom. The second-order valence-corrected chi connectivity index (χ2v) is 5.61. The van der Waals surface area contributed by atoms with Gasteiger partial charge in [0.2, 0.25) is 0 Å². The fourth-order valence-electron chi connectivity index (χ4n) is 3.01. The summed E-state index contributed by atoms with van der Waals surface area (Å²) in [4.78, 5) is 14.9. The minimum absolute atomic E-state index is 0.114. The molecule has 0 radical (unpaired) electrons. The predicted octanol–water partition coefficient (Wildman–Crippen LogP) is 2.44. The van der Waals surface area contributed by atoms with E-state index in [4.69, 9.17) is 5.41 Å². The summed E-state index contributed by atoms with van der Waals surface area (Å²) >= 11 is 0. The number of aromatic nitrogens is 2. The average molecular weight is 296 g/mol. The largest absolute Gasteiger partial charge is 0.370 e. The zero-order valence-corrected chi connectivity index (χ0v) is 12.7. The summed E-state index contributed by atoms with van der Waals surface area (Å²) in [5.74, 6) is 0. The van der Waals surface area contributed by atoms with Gasteiger partial charge in [0.05, 0.1) is 17.4 Å². The van der Waals surface area contributed by atoms with E-state index in [0.29, 0.717) is 5.56 Å². The molecule has 1 saturated heterocycles. The van der Waals surface area contributed by atoms with Crippen LogP contribution in [0.1, 0.15) is 24.8 Å². The smallest absolute Gasteiger partial charge is 0.276 e. The van der Waals surface area contributed by atoms with Crippen molar-refractivity contribution in [3.63, 3.8) is 0 Å². The summed E-state index contributed by atoms with van der Waals surface area (Å²) in [6.07, 6.45) is 6.60. The molecular weight excluding hydrogens is 276 g/mol. The van der Waals surface area contributed by atoms with Crippen LogP contribution in [0.25, 0.3) is 11.1 Å². The predicted molar refractivity (Wildman–Crippen MR) is 88.9 cm³/mol. The molecule has 2 aromatic rings. The van der Waals surface area contributed by atoms with Crippen molar-refractivity contribution < 1.29 is 0 Å². The minimum Gasteiger partial charge on any atom is -0.370 e. The monoisotopic (exact) mass is 296 g/mol. The molecule has 0 bridgehead atoms. The lowest BCUT2D eigenvalue weighted by Gasteiger charge is -2.30. The first kappa shape index (κ1) is 14.5. The molecule has 1 N–H and O–H groups in total. The third-order valence-electron chi connectivity index (χ3n) is 4.20. The average Bonchev–Trinajstić information content (AvgIpc) is 2.58. The van der Waals surface area contributed by atoms with Gasteiger partial charge in [0.25, 0.3) is 5.56 Å². The first-order valence-electron chi connectivity index (χ1n) is 7.63. The Morgan fingerprint density at radius 1 is 1.18 bits per heavy atom. The summed E-state index contributed by atoms with van der Waals surface area (Å²) in [6.45, 7) is 1.91. The van der Waals surface area contributed by atoms with Crippen LogP contribution in [0, 0.1) is 5.41 Å². The third-order valence-corrected chi connectivity index (χ3v) is 4.20. The van der Waals surface area contributed by atoms with Gasteiger partial charge in [-0.25, -0.2) is 4.68 Å². The zero-order valence-electron chi connectivity index (χ0n) is 12.7. The Labute approximate surface area is 129 Å². The summed E-state index contributed by atoms with van der Waals surface area (Å²) in [5.41, 5.74) is 2.98. The molecule has 0 aliphatic carbocycles. The molecule has 0 saturated carbocycles. The number of anilines is 1. The standard InChI is InChI=1S/C17H20N4O/c1-20-17(22)16(14-8-4-3-7-13(14)11-18)15(12-19-20)21-9-5-2-6-10-21/h3-4,7-8,11-12,18H,2,5-6,9-10H2,1H3. The third kappa shape index (κ3) is 2.54. The van der Waals surface area contributed by atoms with Gasteiger partial charge in [-0.15, -0.1) is 0 Å². The van der Waals surface area contributed by atoms with Crippen LogP contribution in [0.5, 0.6) is 0 Å². The van der Waals surface area contributed by atoms with Gasteiger partial charge >= 0.3 is 0 Å². The molecule has 3 rings (SSSR count). The van der Waals surface area contributed by atoms with Gasteiger partial charge < -0.3 is 10.3 Å². The maximum absolute atomic E-state index is 12.7. The number of nitrogens with zero attached hydrogens (tertiary/aromatic N) is 3. The molecule has 0 amide bonds. The molecule has 1 aromatic heterocycles. The van der Waals surface area contributed by atoms with Crippen LogP contribution >= 0.6 is 0 Å². The molecule has 1 fully saturated rings. The molecule has 1 aliphatic rings. The van der Waals surface area contributed by atoms with E-state index < -0.39 is 0 Å². The van der Waals surface area contributed by atoms with E-state index in [-0.39, 0.29) is 5.56 Å². The van der Waals surface area contributed by atoms with Gasteiger partial charge in [-0.2, -0.15) is 5.10 Å². The first-order valence-corrected chi connectivity index (χ1v) is 7.63. The molecule has 1 aromatic carbocycles. The van der Waals surface area contributed by atoms with Crippen LogP contribution in [-0.2, 0) is 7.05 Å². The van der Waals surface area contributed by atoms with Crippen molar-refractivity contribution in [2.75, 3.05) is 18.0 Å². The molecule has 0 unspecified atom stereocenters.